The van der Waals surface area contributed by atoms with E-state index in [-0.39, 0.29) is 4.90 Å². The fraction of sp³-hybridized carbons (Fsp3) is 0.150. The van der Waals surface area contributed by atoms with Crippen LogP contribution >= 0.6 is 0 Å². The molecule has 27 heavy (non-hydrogen) atoms. The normalized spacial score (nSPS) is 11.2. The average Bonchev–Trinajstić information content (AvgIpc) is 2.68. The highest BCUT2D eigenvalue weighted by atomic mass is 32.2. The molecule has 0 unspecified atom stereocenters. The van der Waals surface area contributed by atoms with Gasteiger partial charge in [-0.15, -0.1) is 0 Å². The van der Waals surface area contributed by atoms with Crippen molar-refractivity contribution >= 4 is 32.5 Å². The average molecular weight is 385 g/mol. The molecule has 3 aromatic rings. The van der Waals surface area contributed by atoms with E-state index in [2.05, 4.69) is 4.72 Å². The van der Waals surface area contributed by atoms with Gasteiger partial charge >= 0.3 is 5.97 Å². The predicted molar refractivity (Wildman–Crippen MR) is 104 cm³/mol. The van der Waals surface area contributed by atoms with Crippen molar-refractivity contribution in [2.24, 2.45) is 0 Å². The van der Waals surface area contributed by atoms with Gasteiger partial charge in [0.2, 0.25) is 0 Å². The SMILES string of the molecule is COC(=O)c1cccc(NS(=O)(=O)c2ccc3cc(OC)ccc3c2)c1C. The number of hydrogen-bond donors (Lipinski definition) is 1. The molecule has 0 bridgehead atoms. The number of nitrogens with one attached hydrogen (secondary N) is 1. The molecule has 0 fully saturated rings. The first-order chi connectivity index (χ1) is 12.9. The Morgan fingerprint density at radius 2 is 1.67 bits per heavy atom. The van der Waals surface area contributed by atoms with Crippen molar-refractivity contribution in [3.63, 3.8) is 0 Å². The summed E-state index contributed by atoms with van der Waals surface area (Å²) in [5.41, 5.74) is 1.13. The third-order valence-electron chi connectivity index (χ3n) is 4.31. The molecule has 0 aliphatic heterocycles. The minimum Gasteiger partial charge on any atom is -0.497 e. The Morgan fingerprint density at radius 1 is 0.963 bits per heavy atom. The Morgan fingerprint density at radius 3 is 2.37 bits per heavy atom. The zero-order valence-electron chi connectivity index (χ0n) is 15.1. The van der Waals surface area contributed by atoms with E-state index < -0.39 is 16.0 Å². The van der Waals surface area contributed by atoms with Crippen molar-refractivity contribution in [3.8, 4) is 5.75 Å². The number of carbonyl (C=O) groups is 1. The van der Waals surface area contributed by atoms with E-state index >= 15 is 0 Å². The molecule has 0 saturated heterocycles. The molecule has 7 heteroatoms. The second kappa shape index (κ2) is 7.28. The van der Waals surface area contributed by atoms with Crippen LogP contribution in [0.5, 0.6) is 5.75 Å². The lowest BCUT2D eigenvalue weighted by Crippen LogP contribution is -2.15. The number of anilines is 1. The van der Waals surface area contributed by atoms with E-state index in [0.29, 0.717) is 22.6 Å². The maximum absolute atomic E-state index is 12.8. The lowest BCUT2D eigenvalue weighted by atomic mass is 10.1. The highest BCUT2D eigenvalue weighted by Gasteiger charge is 2.18. The van der Waals surface area contributed by atoms with Gasteiger partial charge in [0.05, 0.1) is 30.4 Å². The Hall–Kier alpha value is -3.06. The Kier molecular flexibility index (Phi) is 5.05. The van der Waals surface area contributed by atoms with Gasteiger partial charge in [-0.25, -0.2) is 13.2 Å². The van der Waals surface area contributed by atoms with Crippen LogP contribution in [0.1, 0.15) is 15.9 Å². The maximum Gasteiger partial charge on any atom is 0.338 e. The molecule has 0 aromatic heterocycles. The van der Waals surface area contributed by atoms with E-state index in [0.717, 1.165) is 10.8 Å². The molecule has 0 spiro atoms. The van der Waals surface area contributed by atoms with Crippen LogP contribution in [-0.4, -0.2) is 28.6 Å². The van der Waals surface area contributed by atoms with E-state index in [9.17, 15) is 13.2 Å². The highest BCUT2D eigenvalue weighted by Crippen LogP contribution is 2.26. The summed E-state index contributed by atoms with van der Waals surface area (Å²) in [7, 11) is -0.967. The van der Waals surface area contributed by atoms with Crippen molar-refractivity contribution in [2.75, 3.05) is 18.9 Å². The summed E-state index contributed by atoms with van der Waals surface area (Å²) in [6, 6.07) is 15.1. The zero-order valence-corrected chi connectivity index (χ0v) is 16.0. The third kappa shape index (κ3) is 3.73. The highest BCUT2D eigenvalue weighted by molar-refractivity contribution is 7.92. The van der Waals surface area contributed by atoms with Crippen molar-refractivity contribution in [3.05, 3.63) is 65.7 Å². The minimum atomic E-state index is -3.83. The first kappa shape index (κ1) is 18.7. The fourth-order valence-corrected chi connectivity index (χ4v) is 3.93. The Bertz CT molecular complexity index is 1120. The topological polar surface area (TPSA) is 81.7 Å². The molecule has 140 valence electrons. The molecule has 1 N–H and O–H groups in total. The largest absolute Gasteiger partial charge is 0.497 e. The third-order valence-corrected chi connectivity index (χ3v) is 5.68. The molecule has 0 amide bonds. The number of benzene rings is 3. The summed E-state index contributed by atoms with van der Waals surface area (Å²) >= 11 is 0. The number of methoxy groups -OCH3 is 2. The summed E-state index contributed by atoms with van der Waals surface area (Å²) in [5, 5.41) is 1.65. The summed E-state index contributed by atoms with van der Waals surface area (Å²) in [6.07, 6.45) is 0. The van der Waals surface area contributed by atoms with E-state index in [1.54, 1.807) is 56.5 Å². The number of sulfonamides is 1. The number of rotatable bonds is 5. The van der Waals surface area contributed by atoms with E-state index in [1.807, 2.05) is 6.07 Å². The van der Waals surface area contributed by atoms with Gasteiger partial charge in [0.1, 0.15) is 5.75 Å². The number of ether oxygens (including phenoxy) is 2. The van der Waals surface area contributed by atoms with Crippen LogP contribution in [0.15, 0.2) is 59.5 Å². The lowest BCUT2D eigenvalue weighted by Gasteiger charge is -2.13. The minimum absolute atomic E-state index is 0.128. The van der Waals surface area contributed by atoms with Gasteiger partial charge in [-0.05, 0) is 59.7 Å². The molecule has 0 aliphatic carbocycles. The molecule has 0 radical (unpaired) electrons. The van der Waals surface area contributed by atoms with Gasteiger partial charge in [0, 0.05) is 0 Å². The summed E-state index contributed by atoms with van der Waals surface area (Å²) in [6.45, 7) is 1.66. The predicted octanol–water partition coefficient (Wildman–Crippen LogP) is 3.74. The van der Waals surface area contributed by atoms with Gasteiger partial charge < -0.3 is 9.47 Å². The van der Waals surface area contributed by atoms with E-state index in [4.69, 9.17) is 9.47 Å². The Balaban J connectivity index is 1.98. The van der Waals surface area contributed by atoms with Gasteiger partial charge in [-0.3, -0.25) is 4.72 Å². The second-order valence-corrected chi connectivity index (χ2v) is 7.63. The van der Waals surface area contributed by atoms with Crippen LogP contribution in [0.3, 0.4) is 0 Å². The van der Waals surface area contributed by atoms with Crippen molar-refractivity contribution < 1.29 is 22.7 Å². The summed E-state index contributed by atoms with van der Waals surface area (Å²) < 4.78 is 38.1. The van der Waals surface area contributed by atoms with Gasteiger partial charge in [-0.1, -0.05) is 18.2 Å². The molecule has 0 saturated carbocycles. The summed E-state index contributed by atoms with van der Waals surface area (Å²) in [5.74, 6) is 0.180. The molecule has 3 rings (SSSR count). The van der Waals surface area contributed by atoms with Crippen LogP contribution in [-0.2, 0) is 14.8 Å². The van der Waals surface area contributed by atoms with Crippen LogP contribution in [0.25, 0.3) is 10.8 Å². The Labute approximate surface area is 157 Å². The fourth-order valence-electron chi connectivity index (χ4n) is 2.78. The monoisotopic (exact) mass is 385 g/mol. The first-order valence-corrected chi connectivity index (χ1v) is 9.62. The number of esters is 1. The number of hydrogen-bond acceptors (Lipinski definition) is 5. The van der Waals surface area contributed by atoms with Crippen molar-refractivity contribution in [2.45, 2.75) is 11.8 Å². The van der Waals surface area contributed by atoms with Gasteiger partial charge in [-0.2, -0.15) is 0 Å². The molecule has 0 aliphatic rings. The number of carbonyl (C=O) groups excluding carboxylic acids is 1. The molecular formula is C20H19NO5S. The maximum atomic E-state index is 12.8. The van der Waals surface area contributed by atoms with Crippen LogP contribution < -0.4 is 9.46 Å². The second-order valence-electron chi connectivity index (χ2n) is 5.95. The molecule has 0 atom stereocenters. The van der Waals surface area contributed by atoms with Crippen molar-refractivity contribution in [1.82, 2.24) is 0 Å². The quantitative estimate of drug-likeness (QED) is 0.677. The molecule has 3 aromatic carbocycles. The smallest absolute Gasteiger partial charge is 0.338 e. The van der Waals surface area contributed by atoms with Crippen LogP contribution in [0.4, 0.5) is 5.69 Å². The zero-order chi connectivity index (χ0) is 19.6. The number of fused-ring (bicyclic) bond motifs is 1. The van der Waals surface area contributed by atoms with Gasteiger partial charge in [0.15, 0.2) is 0 Å². The molecule has 6 nitrogen and oxygen atoms in total. The first-order valence-electron chi connectivity index (χ1n) is 8.14. The summed E-state index contributed by atoms with van der Waals surface area (Å²) in [4.78, 5) is 11.9. The standard InChI is InChI=1S/C20H19NO5S/c1-13-18(20(22)26-3)5-4-6-19(13)21-27(23,24)17-10-8-14-11-16(25-2)9-7-15(14)12-17/h4-12,21H,1-3H3. The lowest BCUT2D eigenvalue weighted by molar-refractivity contribution is 0.0600. The van der Waals surface area contributed by atoms with Crippen molar-refractivity contribution in [1.29, 1.82) is 0 Å². The van der Waals surface area contributed by atoms with Crippen LogP contribution in [0, 0.1) is 6.92 Å². The molecule has 0 heterocycles. The van der Waals surface area contributed by atoms with Gasteiger partial charge in [0.25, 0.3) is 10.0 Å². The van der Waals surface area contributed by atoms with E-state index in [1.165, 1.54) is 13.2 Å². The molecular weight excluding hydrogens is 366 g/mol. The van der Waals surface area contributed by atoms with Crippen LogP contribution in [0.2, 0.25) is 0 Å².